The molecule has 0 atom stereocenters. The number of aromatic nitrogens is 1. The first-order chi connectivity index (χ1) is 7.07. The Morgan fingerprint density at radius 2 is 1.87 bits per heavy atom. The smallest absolute Gasteiger partial charge is 0.123 e. The summed E-state index contributed by atoms with van der Waals surface area (Å²) < 4.78 is 0. The molecule has 0 aliphatic heterocycles. The molecule has 0 saturated carbocycles. The van der Waals surface area contributed by atoms with E-state index in [1.165, 1.54) is 0 Å². The summed E-state index contributed by atoms with van der Waals surface area (Å²) in [6.45, 7) is 3.99. The standard InChI is InChI=1S/C12H14N2S/c1-12(2,13)10-8-14-11(15-10)9-6-4-3-5-7-9/h3-8H,13H2,1-2H3. The third kappa shape index (κ3) is 2.25. The van der Waals surface area contributed by atoms with E-state index in [0.29, 0.717) is 0 Å². The van der Waals surface area contributed by atoms with Gasteiger partial charge in [-0.05, 0) is 13.8 Å². The lowest BCUT2D eigenvalue weighted by atomic mass is 10.1. The van der Waals surface area contributed by atoms with Gasteiger partial charge in [0.15, 0.2) is 0 Å². The van der Waals surface area contributed by atoms with Gasteiger partial charge in [-0.2, -0.15) is 0 Å². The van der Waals surface area contributed by atoms with Crippen LogP contribution in [0, 0.1) is 0 Å². The minimum absolute atomic E-state index is 0.301. The molecule has 0 amide bonds. The van der Waals surface area contributed by atoms with Crippen molar-refractivity contribution in [2.75, 3.05) is 0 Å². The summed E-state index contributed by atoms with van der Waals surface area (Å²) in [6, 6.07) is 10.2. The third-order valence-corrected chi connectivity index (χ3v) is 3.55. The highest BCUT2D eigenvalue weighted by Gasteiger charge is 2.17. The van der Waals surface area contributed by atoms with Crippen LogP contribution in [-0.4, -0.2) is 4.98 Å². The second-order valence-corrected chi connectivity index (χ2v) is 5.15. The van der Waals surface area contributed by atoms with Crippen molar-refractivity contribution >= 4 is 11.3 Å². The van der Waals surface area contributed by atoms with Crippen LogP contribution in [0.2, 0.25) is 0 Å². The highest BCUT2D eigenvalue weighted by molar-refractivity contribution is 7.15. The van der Waals surface area contributed by atoms with Crippen LogP contribution in [0.3, 0.4) is 0 Å². The molecule has 0 saturated heterocycles. The van der Waals surface area contributed by atoms with Gasteiger partial charge >= 0.3 is 0 Å². The minimum atomic E-state index is -0.301. The number of thiazole rings is 1. The molecule has 2 N–H and O–H groups in total. The van der Waals surface area contributed by atoms with E-state index >= 15 is 0 Å². The van der Waals surface area contributed by atoms with Gasteiger partial charge < -0.3 is 5.73 Å². The van der Waals surface area contributed by atoms with Crippen LogP contribution in [0.25, 0.3) is 10.6 Å². The van der Waals surface area contributed by atoms with E-state index < -0.39 is 0 Å². The lowest BCUT2D eigenvalue weighted by Gasteiger charge is -2.14. The number of nitrogens with zero attached hydrogens (tertiary/aromatic N) is 1. The maximum atomic E-state index is 6.02. The first kappa shape index (κ1) is 10.3. The third-order valence-electron chi connectivity index (χ3n) is 2.16. The molecule has 1 aromatic carbocycles. The maximum Gasteiger partial charge on any atom is 0.123 e. The lowest BCUT2D eigenvalue weighted by molar-refractivity contribution is 0.566. The van der Waals surface area contributed by atoms with Crippen LogP contribution in [0.1, 0.15) is 18.7 Å². The van der Waals surface area contributed by atoms with Crippen LogP contribution >= 0.6 is 11.3 Å². The molecular formula is C12H14N2S. The largest absolute Gasteiger partial charge is 0.321 e. The molecule has 0 bridgehead atoms. The van der Waals surface area contributed by atoms with Crippen molar-refractivity contribution in [3.63, 3.8) is 0 Å². The van der Waals surface area contributed by atoms with Crippen LogP contribution in [-0.2, 0) is 5.54 Å². The zero-order valence-electron chi connectivity index (χ0n) is 8.90. The zero-order chi connectivity index (χ0) is 10.9. The summed E-state index contributed by atoms with van der Waals surface area (Å²) in [7, 11) is 0. The molecule has 1 heterocycles. The van der Waals surface area contributed by atoms with Gasteiger partial charge in [-0.1, -0.05) is 30.3 Å². The van der Waals surface area contributed by atoms with E-state index in [4.69, 9.17) is 5.73 Å². The monoisotopic (exact) mass is 218 g/mol. The Morgan fingerprint density at radius 3 is 2.40 bits per heavy atom. The fraction of sp³-hybridized carbons (Fsp3) is 0.250. The Kier molecular flexibility index (Phi) is 2.59. The second kappa shape index (κ2) is 3.76. The topological polar surface area (TPSA) is 38.9 Å². The van der Waals surface area contributed by atoms with E-state index in [1.807, 2.05) is 38.2 Å². The Hall–Kier alpha value is -1.19. The summed E-state index contributed by atoms with van der Waals surface area (Å²) in [5.74, 6) is 0. The summed E-state index contributed by atoms with van der Waals surface area (Å²) in [4.78, 5) is 5.50. The minimum Gasteiger partial charge on any atom is -0.321 e. The molecule has 0 unspecified atom stereocenters. The van der Waals surface area contributed by atoms with Gasteiger partial charge in [0.25, 0.3) is 0 Å². The summed E-state index contributed by atoms with van der Waals surface area (Å²) in [5.41, 5.74) is 6.87. The van der Waals surface area contributed by atoms with Gasteiger partial charge in [-0.15, -0.1) is 11.3 Å². The highest BCUT2D eigenvalue weighted by atomic mass is 32.1. The molecule has 2 nitrogen and oxygen atoms in total. The highest BCUT2D eigenvalue weighted by Crippen LogP contribution is 2.29. The number of nitrogens with two attached hydrogens (primary N) is 1. The molecule has 0 fully saturated rings. The zero-order valence-corrected chi connectivity index (χ0v) is 9.71. The van der Waals surface area contributed by atoms with Crippen molar-refractivity contribution in [1.82, 2.24) is 4.98 Å². The Bertz CT molecular complexity index is 440. The van der Waals surface area contributed by atoms with Crippen molar-refractivity contribution in [1.29, 1.82) is 0 Å². The van der Waals surface area contributed by atoms with Crippen LogP contribution in [0.5, 0.6) is 0 Å². The Balaban J connectivity index is 2.37. The quantitative estimate of drug-likeness (QED) is 0.841. The molecule has 15 heavy (non-hydrogen) atoms. The van der Waals surface area contributed by atoms with Crippen LogP contribution in [0.4, 0.5) is 0 Å². The predicted octanol–water partition coefficient (Wildman–Crippen LogP) is 3.00. The van der Waals surface area contributed by atoms with Crippen molar-refractivity contribution in [3.05, 3.63) is 41.4 Å². The molecule has 78 valence electrons. The first-order valence-corrected chi connectivity index (χ1v) is 5.69. The van der Waals surface area contributed by atoms with Gasteiger partial charge in [0.05, 0.1) is 0 Å². The summed E-state index contributed by atoms with van der Waals surface area (Å²) in [5, 5.41) is 1.03. The number of rotatable bonds is 2. The molecule has 2 aromatic rings. The molecule has 0 radical (unpaired) electrons. The van der Waals surface area contributed by atoms with Crippen molar-refractivity contribution in [3.8, 4) is 10.6 Å². The molecule has 0 spiro atoms. The van der Waals surface area contributed by atoms with Crippen molar-refractivity contribution in [2.24, 2.45) is 5.73 Å². The molecular weight excluding hydrogens is 204 g/mol. The average Bonchev–Trinajstić information content (AvgIpc) is 2.67. The normalized spacial score (nSPS) is 11.7. The summed E-state index contributed by atoms with van der Waals surface area (Å²) in [6.07, 6.45) is 1.87. The van der Waals surface area contributed by atoms with E-state index in [-0.39, 0.29) is 5.54 Å². The second-order valence-electron chi connectivity index (χ2n) is 4.12. The van der Waals surface area contributed by atoms with Gasteiger partial charge in [-0.3, -0.25) is 0 Å². The SMILES string of the molecule is CC(C)(N)c1cnc(-c2ccccc2)s1. The summed E-state index contributed by atoms with van der Waals surface area (Å²) >= 11 is 1.66. The number of benzene rings is 1. The molecule has 1 aromatic heterocycles. The first-order valence-electron chi connectivity index (χ1n) is 4.88. The van der Waals surface area contributed by atoms with Gasteiger partial charge in [0.1, 0.15) is 5.01 Å². The Morgan fingerprint density at radius 1 is 1.20 bits per heavy atom. The fourth-order valence-electron chi connectivity index (χ4n) is 1.29. The lowest BCUT2D eigenvalue weighted by Crippen LogP contribution is -2.27. The average molecular weight is 218 g/mol. The maximum absolute atomic E-state index is 6.02. The van der Waals surface area contributed by atoms with E-state index in [2.05, 4.69) is 17.1 Å². The van der Waals surface area contributed by atoms with Crippen molar-refractivity contribution < 1.29 is 0 Å². The number of hydrogen-bond donors (Lipinski definition) is 1. The van der Waals surface area contributed by atoms with Crippen molar-refractivity contribution in [2.45, 2.75) is 19.4 Å². The molecule has 3 heteroatoms. The van der Waals surface area contributed by atoms with Gasteiger partial charge in [-0.25, -0.2) is 4.98 Å². The fourth-order valence-corrected chi connectivity index (χ4v) is 2.22. The van der Waals surface area contributed by atoms with E-state index in [0.717, 1.165) is 15.4 Å². The Labute approximate surface area is 93.8 Å². The molecule has 0 aliphatic carbocycles. The van der Waals surface area contributed by atoms with Crippen LogP contribution < -0.4 is 5.73 Å². The van der Waals surface area contributed by atoms with Crippen LogP contribution in [0.15, 0.2) is 36.5 Å². The molecule has 2 rings (SSSR count). The van der Waals surface area contributed by atoms with Gasteiger partial charge in [0.2, 0.25) is 0 Å². The molecule has 0 aliphatic rings. The predicted molar refractivity (Wildman–Crippen MR) is 64.8 cm³/mol. The van der Waals surface area contributed by atoms with Gasteiger partial charge in [0, 0.05) is 22.2 Å². The number of hydrogen-bond acceptors (Lipinski definition) is 3. The van der Waals surface area contributed by atoms with E-state index in [9.17, 15) is 0 Å². The van der Waals surface area contributed by atoms with E-state index in [1.54, 1.807) is 11.3 Å².